The van der Waals surface area contributed by atoms with Crippen LogP contribution in [0.1, 0.15) is 12.0 Å². The lowest BCUT2D eigenvalue weighted by molar-refractivity contribution is -0.148. The molecule has 0 spiro atoms. The molecular weight excluding hydrogens is 244 g/mol. The molecule has 0 fully saturated rings. The Morgan fingerprint density at radius 1 is 1.26 bits per heavy atom. The van der Waals surface area contributed by atoms with Gasteiger partial charge >= 0.3 is 5.97 Å². The number of ether oxygens (including phenoxy) is 1. The highest BCUT2D eigenvalue weighted by molar-refractivity contribution is 5.86. The first-order valence-corrected chi connectivity index (χ1v) is 6.12. The quantitative estimate of drug-likeness (QED) is 0.772. The van der Waals surface area contributed by atoms with E-state index in [-0.39, 0.29) is 18.9 Å². The van der Waals surface area contributed by atoms with Gasteiger partial charge in [0.2, 0.25) is 5.91 Å². The van der Waals surface area contributed by atoms with Crippen molar-refractivity contribution in [1.29, 1.82) is 0 Å². The first kappa shape index (κ1) is 15.2. The van der Waals surface area contributed by atoms with E-state index in [4.69, 9.17) is 4.74 Å². The monoisotopic (exact) mass is 264 g/mol. The highest BCUT2D eigenvalue weighted by atomic mass is 16.5. The third-order valence-corrected chi connectivity index (χ3v) is 2.70. The number of nitrogens with zero attached hydrogens (tertiary/aromatic N) is 1. The van der Waals surface area contributed by atoms with E-state index in [1.54, 1.807) is 21.1 Å². The van der Waals surface area contributed by atoms with Crippen molar-refractivity contribution in [3.63, 3.8) is 0 Å². The molecule has 0 aliphatic heterocycles. The van der Waals surface area contributed by atoms with Gasteiger partial charge in [0.1, 0.15) is 6.61 Å². The van der Waals surface area contributed by atoms with Crippen molar-refractivity contribution in [2.45, 2.75) is 19.1 Å². The van der Waals surface area contributed by atoms with E-state index in [1.165, 1.54) is 4.90 Å². The second-order valence-electron chi connectivity index (χ2n) is 4.42. The average molecular weight is 264 g/mol. The van der Waals surface area contributed by atoms with Gasteiger partial charge in [-0.1, -0.05) is 30.3 Å². The summed E-state index contributed by atoms with van der Waals surface area (Å²) in [6.45, 7) is 0.228. The molecule has 1 amide bonds. The van der Waals surface area contributed by atoms with Crippen LogP contribution in [-0.4, -0.2) is 44.0 Å². The van der Waals surface area contributed by atoms with Crippen LogP contribution in [0.5, 0.6) is 0 Å². The standard InChI is InChI=1S/C14H20N2O3/c1-15-12(14(18)16(2)3)9-13(17)19-10-11-7-5-4-6-8-11/h4-8,12,15H,9-10H2,1-3H3. The van der Waals surface area contributed by atoms with E-state index in [1.807, 2.05) is 30.3 Å². The fraction of sp³-hybridized carbons (Fsp3) is 0.429. The second kappa shape index (κ2) is 7.53. The molecule has 0 saturated heterocycles. The van der Waals surface area contributed by atoms with Crippen LogP contribution in [0.2, 0.25) is 0 Å². The lowest BCUT2D eigenvalue weighted by atomic mass is 10.2. The SMILES string of the molecule is CNC(CC(=O)OCc1ccccc1)C(=O)N(C)C. The minimum absolute atomic E-state index is 0.0281. The number of benzene rings is 1. The number of carbonyl (C=O) groups excluding carboxylic acids is 2. The molecule has 104 valence electrons. The van der Waals surface area contributed by atoms with Gasteiger partial charge in [-0.25, -0.2) is 0 Å². The number of rotatable bonds is 6. The summed E-state index contributed by atoms with van der Waals surface area (Å²) in [6, 6.07) is 8.89. The van der Waals surface area contributed by atoms with Crippen molar-refractivity contribution >= 4 is 11.9 Å². The number of likely N-dealkylation sites (N-methyl/N-ethyl adjacent to an activating group) is 2. The van der Waals surface area contributed by atoms with Gasteiger partial charge in [0.25, 0.3) is 0 Å². The number of esters is 1. The number of hydrogen-bond donors (Lipinski definition) is 1. The Morgan fingerprint density at radius 2 is 1.89 bits per heavy atom. The summed E-state index contributed by atoms with van der Waals surface area (Å²) < 4.78 is 5.14. The van der Waals surface area contributed by atoms with E-state index >= 15 is 0 Å². The van der Waals surface area contributed by atoms with Crippen LogP contribution in [0.3, 0.4) is 0 Å². The number of hydrogen-bond acceptors (Lipinski definition) is 4. The zero-order valence-electron chi connectivity index (χ0n) is 11.6. The van der Waals surface area contributed by atoms with Crippen molar-refractivity contribution in [3.05, 3.63) is 35.9 Å². The smallest absolute Gasteiger partial charge is 0.308 e. The maximum absolute atomic E-state index is 11.7. The number of nitrogens with one attached hydrogen (secondary N) is 1. The summed E-state index contributed by atoms with van der Waals surface area (Å²) in [4.78, 5) is 24.9. The Balaban J connectivity index is 2.44. The average Bonchev–Trinajstić information content (AvgIpc) is 2.42. The Kier molecular flexibility index (Phi) is 6.02. The predicted molar refractivity (Wildman–Crippen MR) is 72.4 cm³/mol. The van der Waals surface area contributed by atoms with Gasteiger partial charge in [-0.15, -0.1) is 0 Å². The molecule has 5 nitrogen and oxygen atoms in total. The fourth-order valence-electron chi connectivity index (χ4n) is 1.59. The van der Waals surface area contributed by atoms with Crippen LogP contribution in [0.25, 0.3) is 0 Å². The first-order valence-electron chi connectivity index (χ1n) is 6.12. The Labute approximate surface area is 113 Å². The van der Waals surface area contributed by atoms with Gasteiger partial charge in [-0.2, -0.15) is 0 Å². The van der Waals surface area contributed by atoms with Crippen LogP contribution >= 0.6 is 0 Å². The van der Waals surface area contributed by atoms with Crippen LogP contribution < -0.4 is 5.32 Å². The predicted octanol–water partition coefficient (Wildman–Crippen LogP) is 0.796. The maximum Gasteiger partial charge on any atom is 0.308 e. The van der Waals surface area contributed by atoms with Gasteiger partial charge < -0.3 is 15.0 Å². The van der Waals surface area contributed by atoms with Gasteiger partial charge in [-0.3, -0.25) is 9.59 Å². The second-order valence-corrected chi connectivity index (χ2v) is 4.42. The van der Waals surface area contributed by atoms with Crippen molar-refractivity contribution in [1.82, 2.24) is 10.2 Å². The van der Waals surface area contributed by atoms with Crippen LogP contribution in [0, 0.1) is 0 Å². The van der Waals surface area contributed by atoms with Gasteiger partial charge in [-0.05, 0) is 12.6 Å². The molecular formula is C14H20N2O3. The molecule has 1 aromatic carbocycles. The van der Waals surface area contributed by atoms with Crippen molar-refractivity contribution in [3.8, 4) is 0 Å². The minimum atomic E-state index is -0.543. The summed E-state index contributed by atoms with van der Waals surface area (Å²) in [6.07, 6.45) is 0.0281. The molecule has 1 aromatic rings. The molecule has 1 rings (SSSR count). The lowest BCUT2D eigenvalue weighted by Gasteiger charge is -2.19. The normalized spacial score (nSPS) is 11.7. The lowest BCUT2D eigenvalue weighted by Crippen LogP contribution is -2.43. The molecule has 0 aliphatic rings. The van der Waals surface area contributed by atoms with Crippen LogP contribution in [0.15, 0.2) is 30.3 Å². The van der Waals surface area contributed by atoms with E-state index in [2.05, 4.69) is 5.32 Å². The number of carbonyl (C=O) groups is 2. The highest BCUT2D eigenvalue weighted by Crippen LogP contribution is 2.04. The summed E-state index contributed by atoms with van der Waals surface area (Å²) in [5, 5.41) is 2.82. The molecule has 5 heteroatoms. The minimum Gasteiger partial charge on any atom is -0.461 e. The molecule has 0 radical (unpaired) electrons. The third kappa shape index (κ3) is 5.09. The van der Waals surface area contributed by atoms with Gasteiger partial charge in [0.05, 0.1) is 12.5 Å². The Morgan fingerprint density at radius 3 is 2.42 bits per heavy atom. The van der Waals surface area contributed by atoms with Crippen LogP contribution in [0.4, 0.5) is 0 Å². The zero-order valence-corrected chi connectivity index (χ0v) is 11.6. The molecule has 0 saturated carbocycles. The number of amides is 1. The third-order valence-electron chi connectivity index (χ3n) is 2.70. The van der Waals surface area contributed by atoms with Crippen molar-refractivity contribution < 1.29 is 14.3 Å². The zero-order chi connectivity index (χ0) is 14.3. The fourth-order valence-corrected chi connectivity index (χ4v) is 1.59. The molecule has 19 heavy (non-hydrogen) atoms. The first-order chi connectivity index (χ1) is 9.04. The Bertz CT molecular complexity index is 418. The van der Waals surface area contributed by atoms with E-state index in [0.29, 0.717) is 0 Å². The summed E-state index contributed by atoms with van der Waals surface area (Å²) >= 11 is 0. The van der Waals surface area contributed by atoms with Crippen LogP contribution in [-0.2, 0) is 20.9 Å². The highest BCUT2D eigenvalue weighted by Gasteiger charge is 2.22. The van der Waals surface area contributed by atoms with E-state index in [9.17, 15) is 9.59 Å². The van der Waals surface area contributed by atoms with E-state index < -0.39 is 12.0 Å². The molecule has 0 aliphatic carbocycles. The summed E-state index contributed by atoms with van der Waals surface area (Å²) in [7, 11) is 4.96. The molecule has 0 aromatic heterocycles. The van der Waals surface area contributed by atoms with Gasteiger partial charge in [0, 0.05) is 14.1 Å². The van der Waals surface area contributed by atoms with Crippen molar-refractivity contribution in [2.75, 3.05) is 21.1 Å². The maximum atomic E-state index is 11.7. The molecule has 1 atom stereocenters. The van der Waals surface area contributed by atoms with Gasteiger partial charge in [0.15, 0.2) is 0 Å². The largest absolute Gasteiger partial charge is 0.461 e. The van der Waals surface area contributed by atoms with E-state index in [0.717, 1.165) is 5.56 Å². The molecule has 1 N–H and O–H groups in total. The summed E-state index contributed by atoms with van der Waals surface area (Å²) in [5.74, 6) is -0.530. The molecule has 1 unspecified atom stereocenters. The summed E-state index contributed by atoms with van der Waals surface area (Å²) in [5.41, 5.74) is 0.927. The topological polar surface area (TPSA) is 58.6 Å². The molecule has 0 heterocycles. The van der Waals surface area contributed by atoms with Crippen molar-refractivity contribution in [2.24, 2.45) is 0 Å². The Hall–Kier alpha value is -1.88. The molecule has 0 bridgehead atoms.